The zero-order valence-electron chi connectivity index (χ0n) is 14.8. The van der Waals surface area contributed by atoms with Crippen LogP contribution in [0.1, 0.15) is 31.6 Å². The van der Waals surface area contributed by atoms with Crippen molar-refractivity contribution in [1.82, 2.24) is 29.1 Å². The second kappa shape index (κ2) is 6.09. The van der Waals surface area contributed by atoms with Crippen molar-refractivity contribution < 1.29 is 0 Å². The molecule has 3 aromatic heterocycles. The topological polar surface area (TPSA) is 64.1 Å². The molecule has 7 heteroatoms. The van der Waals surface area contributed by atoms with Gasteiger partial charge >= 0.3 is 0 Å². The average Bonchev–Trinajstić information content (AvgIpc) is 3.32. The molecule has 1 aliphatic heterocycles. The Morgan fingerprint density at radius 2 is 2.15 bits per heavy atom. The summed E-state index contributed by atoms with van der Waals surface area (Å²) < 4.78 is 4.36. The van der Waals surface area contributed by atoms with E-state index in [0.717, 1.165) is 55.2 Å². The van der Waals surface area contributed by atoms with E-state index in [0.29, 0.717) is 6.04 Å². The molecular formula is C19H21N7. The highest BCUT2D eigenvalue weighted by atomic mass is 15.3. The maximum atomic E-state index is 4.85. The second-order valence-electron chi connectivity index (χ2n) is 6.80. The monoisotopic (exact) mass is 347 g/mol. The van der Waals surface area contributed by atoms with Gasteiger partial charge in [0, 0.05) is 31.9 Å². The van der Waals surface area contributed by atoms with E-state index in [4.69, 9.17) is 4.98 Å². The van der Waals surface area contributed by atoms with Crippen LogP contribution in [0.3, 0.4) is 0 Å². The van der Waals surface area contributed by atoms with Gasteiger partial charge in [-0.05, 0) is 25.0 Å². The standard InChI is InChI=1S/C19H21N7/c1-2-17-22-15-7-3-4-8-16(15)26(17)14-6-5-10-24(12-14)18-19-23-21-13-25(19)11-9-20-18/h3-4,7-9,11,13-14H,2,5-6,10,12H2,1H3. The molecule has 0 aliphatic carbocycles. The Hall–Kier alpha value is -2.96. The first kappa shape index (κ1) is 15.3. The lowest BCUT2D eigenvalue weighted by Crippen LogP contribution is -2.37. The van der Waals surface area contributed by atoms with Crippen LogP contribution in [0.5, 0.6) is 0 Å². The Labute approximate surface area is 151 Å². The van der Waals surface area contributed by atoms with Crippen LogP contribution >= 0.6 is 0 Å². The Morgan fingerprint density at radius 1 is 1.23 bits per heavy atom. The molecule has 5 rings (SSSR count). The summed E-state index contributed by atoms with van der Waals surface area (Å²) >= 11 is 0. The van der Waals surface area contributed by atoms with Crippen LogP contribution in [0, 0.1) is 0 Å². The first-order valence-corrected chi connectivity index (χ1v) is 9.20. The summed E-state index contributed by atoms with van der Waals surface area (Å²) in [6, 6.07) is 8.82. The molecule has 1 fully saturated rings. The van der Waals surface area contributed by atoms with E-state index < -0.39 is 0 Å². The zero-order valence-corrected chi connectivity index (χ0v) is 14.8. The number of nitrogens with zero attached hydrogens (tertiary/aromatic N) is 7. The smallest absolute Gasteiger partial charge is 0.203 e. The van der Waals surface area contributed by atoms with E-state index in [2.05, 4.69) is 55.8 Å². The van der Waals surface area contributed by atoms with E-state index in [1.807, 2.05) is 16.8 Å². The number of benzene rings is 1. The number of rotatable bonds is 3. The van der Waals surface area contributed by atoms with Crippen LogP contribution in [0.2, 0.25) is 0 Å². The number of hydrogen-bond acceptors (Lipinski definition) is 5. The SMILES string of the molecule is CCc1nc2ccccc2n1C1CCCN(c2nccn3cnnc23)C1. The summed E-state index contributed by atoms with van der Waals surface area (Å²) in [5, 5.41) is 8.28. The van der Waals surface area contributed by atoms with Gasteiger partial charge in [0.2, 0.25) is 5.65 Å². The molecule has 0 saturated carbocycles. The molecule has 1 saturated heterocycles. The summed E-state index contributed by atoms with van der Waals surface area (Å²) in [5.41, 5.74) is 3.13. The van der Waals surface area contributed by atoms with Crippen LogP contribution in [0.15, 0.2) is 43.0 Å². The maximum absolute atomic E-state index is 4.85. The molecule has 132 valence electrons. The molecule has 26 heavy (non-hydrogen) atoms. The van der Waals surface area contributed by atoms with Crippen molar-refractivity contribution in [2.75, 3.05) is 18.0 Å². The van der Waals surface area contributed by atoms with E-state index in [9.17, 15) is 0 Å². The number of anilines is 1. The van der Waals surface area contributed by atoms with Crippen molar-refractivity contribution in [3.05, 3.63) is 48.8 Å². The molecule has 7 nitrogen and oxygen atoms in total. The molecular weight excluding hydrogens is 326 g/mol. The minimum absolute atomic E-state index is 0.385. The molecule has 0 spiro atoms. The summed E-state index contributed by atoms with van der Waals surface area (Å²) in [4.78, 5) is 11.8. The molecule has 4 aromatic rings. The van der Waals surface area contributed by atoms with Crippen molar-refractivity contribution in [3.8, 4) is 0 Å². The number of piperidine rings is 1. The summed E-state index contributed by atoms with van der Waals surface area (Å²) in [5.74, 6) is 2.07. The van der Waals surface area contributed by atoms with Gasteiger partial charge in [0.05, 0.1) is 17.1 Å². The molecule has 0 N–H and O–H groups in total. The number of para-hydroxylation sites is 2. The van der Waals surface area contributed by atoms with Gasteiger partial charge in [-0.15, -0.1) is 10.2 Å². The quantitative estimate of drug-likeness (QED) is 0.570. The van der Waals surface area contributed by atoms with Crippen molar-refractivity contribution >= 4 is 22.5 Å². The Kier molecular flexibility index (Phi) is 3.58. The van der Waals surface area contributed by atoms with Gasteiger partial charge in [0.1, 0.15) is 12.2 Å². The van der Waals surface area contributed by atoms with Gasteiger partial charge in [-0.2, -0.15) is 0 Å². The largest absolute Gasteiger partial charge is 0.351 e. The van der Waals surface area contributed by atoms with E-state index in [1.165, 1.54) is 5.52 Å². The fourth-order valence-corrected chi connectivity index (χ4v) is 4.08. The molecule has 1 atom stereocenters. The third-order valence-electron chi connectivity index (χ3n) is 5.24. The fourth-order valence-electron chi connectivity index (χ4n) is 4.08. The summed E-state index contributed by atoms with van der Waals surface area (Å²) in [6.07, 6.45) is 8.64. The number of imidazole rings is 1. The van der Waals surface area contributed by atoms with Gasteiger partial charge in [0.15, 0.2) is 5.82 Å². The molecule has 0 radical (unpaired) electrons. The third kappa shape index (κ3) is 2.34. The minimum Gasteiger partial charge on any atom is -0.351 e. The first-order chi connectivity index (χ1) is 12.8. The van der Waals surface area contributed by atoms with E-state index in [-0.39, 0.29) is 0 Å². The van der Waals surface area contributed by atoms with E-state index in [1.54, 1.807) is 6.33 Å². The maximum Gasteiger partial charge on any atom is 0.203 e. The molecule has 4 heterocycles. The fraction of sp³-hybridized carbons (Fsp3) is 0.368. The van der Waals surface area contributed by atoms with Crippen LogP contribution in [0.25, 0.3) is 16.7 Å². The van der Waals surface area contributed by atoms with Crippen molar-refractivity contribution in [2.45, 2.75) is 32.2 Å². The second-order valence-corrected chi connectivity index (χ2v) is 6.80. The van der Waals surface area contributed by atoms with Gasteiger partial charge < -0.3 is 9.47 Å². The lowest BCUT2D eigenvalue weighted by Gasteiger charge is -2.35. The summed E-state index contributed by atoms with van der Waals surface area (Å²) in [6.45, 7) is 4.08. The first-order valence-electron chi connectivity index (χ1n) is 9.20. The molecule has 1 aliphatic rings. The highest BCUT2D eigenvalue weighted by Gasteiger charge is 2.26. The van der Waals surface area contributed by atoms with Gasteiger partial charge in [0.25, 0.3) is 0 Å². The number of hydrogen-bond donors (Lipinski definition) is 0. The lowest BCUT2D eigenvalue weighted by atomic mass is 10.0. The summed E-state index contributed by atoms with van der Waals surface area (Å²) in [7, 11) is 0. The van der Waals surface area contributed by atoms with Gasteiger partial charge in [-0.1, -0.05) is 19.1 Å². The normalized spacial score (nSPS) is 18.0. The Bertz CT molecular complexity index is 1060. The Balaban J connectivity index is 1.55. The molecule has 0 amide bonds. The number of aryl methyl sites for hydroxylation is 1. The van der Waals surface area contributed by atoms with Crippen molar-refractivity contribution in [1.29, 1.82) is 0 Å². The van der Waals surface area contributed by atoms with Crippen molar-refractivity contribution in [2.24, 2.45) is 0 Å². The van der Waals surface area contributed by atoms with Gasteiger partial charge in [-0.3, -0.25) is 4.40 Å². The third-order valence-corrected chi connectivity index (χ3v) is 5.24. The van der Waals surface area contributed by atoms with E-state index >= 15 is 0 Å². The highest BCUT2D eigenvalue weighted by molar-refractivity contribution is 5.76. The molecule has 0 bridgehead atoms. The molecule has 1 aromatic carbocycles. The predicted molar refractivity (Wildman–Crippen MR) is 100 cm³/mol. The lowest BCUT2D eigenvalue weighted by molar-refractivity contribution is 0.402. The Morgan fingerprint density at radius 3 is 3.08 bits per heavy atom. The van der Waals surface area contributed by atoms with Crippen LogP contribution in [-0.4, -0.2) is 42.2 Å². The van der Waals surface area contributed by atoms with Crippen molar-refractivity contribution in [3.63, 3.8) is 0 Å². The predicted octanol–water partition coefficient (Wildman–Crippen LogP) is 2.88. The number of aromatic nitrogens is 6. The average molecular weight is 347 g/mol. The van der Waals surface area contributed by atoms with Crippen LogP contribution < -0.4 is 4.90 Å². The van der Waals surface area contributed by atoms with Crippen LogP contribution in [-0.2, 0) is 6.42 Å². The van der Waals surface area contributed by atoms with Crippen LogP contribution in [0.4, 0.5) is 5.82 Å². The molecule has 1 unspecified atom stereocenters. The number of fused-ring (bicyclic) bond motifs is 2. The minimum atomic E-state index is 0.385. The zero-order chi connectivity index (χ0) is 17.5. The highest BCUT2D eigenvalue weighted by Crippen LogP contribution is 2.30. The van der Waals surface area contributed by atoms with Gasteiger partial charge in [-0.25, -0.2) is 9.97 Å².